The van der Waals surface area contributed by atoms with Crippen LogP contribution in [0, 0.1) is 12.3 Å². The highest BCUT2D eigenvalue weighted by Crippen LogP contribution is 2.38. The van der Waals surface area contributed by atoms with Gasteiger partial charge in [-0.05, 0) is 61.4 Å². The van der Waals surface area contributed by atoms with Gasteiger partial charge in [-0.1, -0.05) is 18.2 Å². The van der Waals surface area contributed by atoms with E-state index in [1.54, 1.807) is 7.05 Å². The Morgan fingerprint density at radius 1 is 1.07 bits per heavy atom. The Balaban J connectivity index is 2.12. The summed E-state index contributed by atoms with van der Waals surface area (Å²) >= 11 is 0. The number of aliphatic imine (C=N–C) groups is 1. The lowest BCUT2D eigenvalue weighted by Gasteiger charge is -2.23. The predicted molar refractivity (Wildman–Crippen MR) is 114 cm³/mol. The van der Waals surface area contributed by atoms with Crippen LogP contribution in [0.15, 0.2) is 35.3 Å². The average molecular weight is 356 g/mol. The van der Waals surface area contributed by atoms with Crippen molar-refractivity contribution in [2.45, 2.75) is 32.6 Å². The summed E-state index contributed by atoms with van der Waals surface area (Å²) in [4.78, 5) is 9.34. The van der Waals surface area contributed by atoms with Gasteiger partial charge in [-0.25, -0.2) is 4.98 Å². The van der Waals surface area contributed by atoms with Crippen molar-refractivity contribution in [2.75, 3.05) is 12.8 Å². The normalized spacial score (nSPS) is 13.9. The molecule has 1 aromatic heterocycles. The van der Waals surface area contributed by atoms with E-state index in [2.05, 4.69) is 30.1 Å². The van der Waals surface area contributed by atoms with Gasteiger partial charge in [-0.3, -0.25) is 4.99 Å². The third-order valence-corrected chi connectivity index (χ3v) is 5.53. The van der Waals surface area contributed by atoms with Crippen LogP contribution in [0.4, 0.5) is 5.69 Å². The monoisotopic (exact) mass is 356 g/mol. The first-order valence-electron chi connectivity index (χ1n) is 9.42. The second-order valence-corrected chi connectivity index (χ2v) is 7.15. The second-order valence-electron chi connectivity index (χ2n) is 7.15. The fourth-order valence-corrected chi connectivity index (χ4v) is 4.23. The van der Waals surface area contributed by atoms with Crippen LogP contribution < -0.4 is 5.73 Å². The minimum absolute atomic E-state index is 0.647. The van der Waals surface area contributed by atoms with Crippen molar-refractivity contribution in [1.29, 1.82) is 5.41 Å². The molecule has 0 radical (unpaired) electrons. The fourth-order valence-electron chi connectivity index (χ4n) is 4.23. The molecule has 0 saturated carbocycles. The molecule has 0 aliphatic heterocycles. The van der Waals surface area contributed by atoms with E-state index in [0.717, 1.165) is 52.5 Å². The Morgan fingerprint density at radius 3 is 2.59 bits per heavy atom. The lowest BCUT2D eigenvalue weighted by atomic mass is 9.84. The highest BCUT2D eigenvalue weighted by molar-refractivity contribution is 6.06. The number of rotatable bonds is 3. The molecule has 3 N–H and O–H groups in total. The summed E-state index contributed by atoms with van der Waals surface area (Å²) in [5.74, 6) is 0. The number of nitrogens with one attached hydrogen (secondary N) is 1. The smallest absolute Gasteiger partial charge is 0.0751 e. The molecule has 4 rings (SSSR count). The van der Waals surface area contributed by atoms with Crippen LogP contribution in [0.1, 0.15) is 40.7 Å². The Bertz CT molecular complexity index is 1080. The summed E-state index contributed by atoms with van der Waals surface area (Å²) < 4.78 is 0. The van der Waals surface area contributed by atoms with Gasteiger partial charge in [-0.15, -0.1) is 0 Å². The van der Waals surface area contributed by atoms with Gasteiger partial charge in [0.25, 0.3) is 0 Å². The number of benzene rings is 2. The molecule has 0 unspecified atom stereocenters. The molecule has 0 spiro atoms. The van der Waals surface area contributed by atoms with Gasteiger partial charge >= 0.3 is 0 Å². The highest BCUT2D eigenvalue weighted by atomic mass is 14.7. The quantitative estimate of drug-likeness (QED) is 0.526. The van der Waals surface area contributed by atoms with Crippen molar-refractivity contribution in [3.8, 4) is 11.3 Å². The van der Waals surface area contributed by atoms with Crippen molar-refractivity contribution in [2.24, 2.45) is 4.99 Å². The summed E-state index contributed by atoms with van der Waals surface area (Å²) in [7, 11) is 1.80. The zero-order valence-electron chi connectivity index (χ0n) is 15.8. The number of pyridine rings is 1. The Labute approximate surface area is 159 Å². The number of anilines is 1. The molecule has 1 aliphatic rings. The number of fused-ring (bicyclic) bond motifs is 3. The fraction of sp³-hybridized carbons (Fsp3) is 0.261. The van der Waals surface area contributed by atoms with Gasteiger partial charge < -0.3 is 11.1 Å². The Hall–Kier alpha value is -3.01. The third kappa shape index (κ3) is 2.81. The van der Waals surface area contributed by atoms with Crippen molar-refractivity contribution < 1.29 is 0 Å². The van der Waals surface area contributed by atoms with E-state index in [4.69, 9.17) is 16.1 Å². The standard InChI is InChI=1S/C23H24N4/c1-14-6-5-9-17(19(14)13-26-2)23-16-8-4-3-7-15(16)22-18(12-24)20(25)10-11-21(22)27-23/h5-6,9-13,24H,3-4,7-8,25H2,1-2H3. The summed E-state index contributed by atoms with van der Waals surface area (Å²) in [6.45, 7) is 2.11. The van der Waals surface area contributed by atoms with Crippen LogP contribution in [0.2, 0.25) is 0 Å². The van der Waals surface area contributed by atoms with Crippen molar-refractivity contribution in [3.63, 3.8) is 0 Å². The molecule has 27 heavy (non-hydrogen) atoms. The zero-order valence-corrected chi connectivity index (χ0v) is 15.8. The lowest BCUT2D eigenvalue weighted by Crippen LogP contribution is -2.10. The molecular weight excluding hydrogens is 332 g/mol. The van der Waals surface area contributed by atoms with E-state index in [1.165, 1.54) is 29.3 Å². The van der Waals surface area contributed by atoms with E-state index in [9.17, 15) is 0 Å². The molecule has 4 heteroatoms. The number of aryl methyl sites for hydroxylation is 2. The van der Waals surface area contributed by atoms with E-state index in [1.807, 2.05) is 18.3 Å². The van der Waals surface area contributed by atoms with Crippen molar-refractivity contribution >= 4 is 29.0 Å². The van der Waals surface area contributed by atoms with E-state index in [0.29, 0.717) is 5.69 Å². The first kappa shape index (κ1) is 17.4. The second kappa shape index (κ2) is 6.95. The van der Waals surface area contributed by atoms with E-state index < -0.39 is 0 Å². The topological polar surface area (TPSA) is 75.1 Å². The molecule has 0 atom stereocenters. The minimum atomic E-state index is 0.647. The van der Waals surface area contributed by atoms with Crippen LogP contribution in [0.5, 0.6) is 0 Å². The Morgan fingerprint density at radius 2 is 1.85 bits per heavy atom. The molecule has 0 saturated heterocycles. The number of hydrogen-bond donors (Lipinski definition) is 2. The van der Waals surface area contributed by atoms with Crippen LogP contribution in [-0.4, -0.2) is 24.5 Å². The maximum atomic E-state index is 7.87. The molecule has 1 aliphatic carbocycles. The van der Waals surface area contributed by atoms with Crippen molar-refractivity contribution in [3.05, 3.63) is 58.1 Å². The summed E-state index contributed by atoms with van der Waals surface area (Å²) in [5, 5.41) is 8.93. The zero-order chi connectivity index (χ0) is 19.0. The first-order chi connectivity index (χ1) is 13.2. The number of aromatic nitrogens is 1. The number of nitrogens with two attached hydrogens (primary N) is 1. The van der Waals surface area contributed by atoms with Crippen LogP contribution >= 0.6 is 0 Å². The molecule has 2 aromatic carbocycles. The average Bonchev–Trinajstić information content (AvgIpc) is 2.69. The van der Waals surface area contributed by atoms with E-state index >= 15 is 0 Å². The number of nitrogens with zero attached hydrogens (tertiary/aromatic N) is 2. The summed E-state index contributed by atoms with van der Waals surface area (Å²) in [6.07, 6.45) is 7.64. The molecule has 0 amide bonds. The number of nitrogen functional groups attached to an aromatic ring is 1. The summed E-state index contributed by atoms with van der Waals surface area (Å²) in [5.41, 5.74) is 15.7. The minimum Gasteiger partial charge on any atom is -0.398 e. The van der Waals surface area contributed by atoms with Gasteiger partial charge in [0, 0.05) is 47.2 Å². The molecule has 3 aromatic rings. The largest absolute Gasteiger partial charge is 0.398 e. The molecular formula is C23H24N4. The van der Waals surface area contributed by atoms with Crippen LogP contribution in [-0.2, 0) is 12.8 Å². The van der Waals surface area contributed by atoms with Gasteiger partial charge in [-0.2, -0.15) is 0 Å². The van der Waals surface area contributed by atoms with Crippen molar-refractivity contribution in [1.82, 2.24) is 4.98 Å². The molecule has 136 valence electrons. The molecule has 4 nitrogen and oxygen atoms in total. The van der Waals surface area contributed by atoms with Crippen LogP contribution in [0.3, 0.4) is 0 Å². The number of hydrogen-bond acceptors (Lipinski definition) is 4. The molecule has 0 bridgehead atoms. The first-order valence-corrected chi connectivity index (χ1v) is 9.42. The Kier molecular flexibility index (Phi) is 4.48. The maximum absolute atomic E-state index is 7.87. The highest BCUT2D eigenvalue weighted by Gasteiger charge is 2.22. The van der Waals surface area contributed by atoms with E-state index in [-0.39, 0.29) is 0 Å². The van der Waals surface area contributed by atoms with Gasteiger partial charge in [0.1, 0.15) is 0 Å². The van der Waals surface area contributed by atoms with Gasteiger partial charge in [0.2, 0.25) is 0 Å². The lowest BCUT2D eigenvalue weighted by molar-refractivity contribution is 0.689. The predicted octanol–water partition coefficient (Wildman–Crippen LogP) is 4.72. The SMILES string of the molecule is CN=Cc1c(C)cccc1-c1nc2ccc(N)c(C=N)c2c2c1CCCC2. The summed E-state index contributed by atoms with van der Waals surface area (Å²) in [6, 6.07) is 10.2. The van der Waals surface area contributed by atoms with Gasteiger partial charge in [0.15, 0.2) is 0 Å². The van der Waals surface area contributed by atoms with Gasteiger partial charge in [0.05, 0.1) is 11.2 Å². The third-order valence-electron chi connectivity index (χ3n) is 5.53. The van der Waals surface area contributed by atoms with Crippen LogP contribution in [0.25, 0.3) is 22.2 Å². The maximum Gasteiger partial charge on any atom is 0.0751 e. The molecule has 1 heterocycles. The molecule has 0 fully saturated rings.